The minimum Gasteiger partial charge on any atom is -0.309 e. The van der Waals surface area contributed by atoms with E-state index in [-0.39, 0.29) is 0 Å². The average molecular weight is 910 g/mol. The molecular formula is C66H39NS2. The normalized spacial score (nSPS) is 12.1. The molecule has 0 atom stereocenters. The monoisotopic (exact) mass is 909 g/mol. The molecule has 0 saturated heterocycles. The van der Waals surface area contributed by atoms with Gasteiger partial charge in [-0.25, -0.2) is 0 Å². The molecule has 0 aliphatic carbocycles. The third-order valence-electron chi connectivity index (χ3n) is 14.6. The van der Waals surface area contributed by atoms with Gasteiger partial charge in [-0.05, 0) is 101 Å². The summed E-state index contributed by atoms with van der Waals surface area (Å²) in [5, 5.41) is 15.4. The first-order valence-corrected chi connectivity index (χ1v) is 25.3. The van der Waals surface area contributed by atoms with E-state index in [4.69, 9.17) is 0 Å². The zero-order valence-corrected chi connectivity index (χ0v) is 38.9. The molecule has 0 spiro atoms. The number of nitrogens with zero attached hydrogens (tertiary/aromatic N) is 1. The molecule has 0 aliphatic rings. The summed E-state index contributed by atoms with van der Waals surface area (Å²) in [6, 6.07) is 88.1. The van der Waals surface area contributed by atoms with E-state index in [0.717, 1.165) is 5.69 Å². The summed E-state index contributed by atoms with van der Waals surface area (Å²) in [5.41, 5.74) is 13.5. The Bertz CT molecular complexity index is 4340. The third-order valence-corrected chi connectivity index (χ3v) is 17.2. The highest BCUT2D eigenvalue weighted by Gasteiger charge is 2.20. The predicted octanol–water partition coefficient (Wildman–Crippen LogP) is 19.6. The van der Waals surface area contributed by atoms with Gasteiger partial charge < -0.3 is 4.57 Å². The van der Waals surface area contributed by atoms with Gasteiger partial charge in [0.2, 0.25) is 0 Å². The van der Waals surface area contributed by atoms with Gasteiger partial charge >= 0.3 is 0 Å². The Morgan fingerprint density at radius 2 is 0.551 bits per heavy atom. The molecular weight excluding hydrogens is 871 g/mol. The van der Waals surface area contributed by atoms with Crippen LogP contribution in [0.1, 0.15) is 0 Å². The first-order chi connectivity index (χ1) is 34.2. The highest BCUT2D eigenvalue weighted by molar-refractivity contribution is 7.27. The lowest BCUT2D eigenvalue weighted by Gasteiger charge is -2.14. The van der Waals surface area contributed by atoms with Crippen LogP contribution in [-0.4, -0.2) is 4.57 Å². The Morgan fingerprint density at radius 1 is 0.217 bits per heavy atom. The second-order valence-electron chi connectivity index (χ2n) is 18.3. The van der Waals surface area contributed by atoms with Crippen LogP contribution in [0.15, 0.2) is 237 Å². The summed E-state index contributed by atoms with van der Waals surface area (Å²) in [4.78, 5) is 0. The topological polar surface area (TPSA) is 4.93 Å². The largest absolute Gasteiger partial charge is 0.309 e. The van der Waals surface area contributed by atoms with Crippen molar-refractivity contribution in [2.24, 2.45) is 0 Å². The van der Waals surface area contributed by atoms with Gasteiger partial charge in [0.05, 0.1) is 11.0 Å². The van der Waals surface area contributed by atoms with Crippen LogP contribution >= 0.6 is 22.7 Å². The van der Waals surface area contributed by atoms with Gasteiger partial charge in [-0.15, -0.1) is 22.7 Å². The van der Waals surface area contributed by atoms with E-state index in [9.17, 15) is 0 Å². The van der Waals surface area contributed by atoms with Crippen molar-refractivity contribution in [2.75, 3.05) is 0 Å². The molecule has 0 amide bonds. The van der Waals surface area contributed by atoms with Crippen LogP contribution in [0.2, 0.25) is 0 Å². The highest BCUT2D eigenvalue weighted by Crippen LogP contribution is 2.48. The van der Waals surface area contributed by atoms with Crippen molar-refractivity contribution in [1.29, 1.82) is 0 Å². The van der Waals surface area contributed by atoms with Crippen molar-refractivity contribution in [3.63, 3.8) is 0 Å². The standard InChI is InChI=1S/C66H39NS2/c1-3-15-40(16-4-1)45-23-11-27-56-58-29-13-25-47(65(58)68-63(45)56)42-31-34-54-55-35-32-43(48-26-14-30-59-57-28-12-24-46(64(57)69-66(48)59)41-17-5-2-6-18-41)38-62(55)67(61(54)37-42)44-33-36-53-51-21-8-7-19-49(51)50-20-9-10-22-52(50)60(53)39-44/h1-39H. The zero-order valence-electron chi connectivity index (χ0n) is 37.3. The second kappa shape index (κ2) is 15.1. The van der Waals surface area contributed by atoms with Crippen molar-refractivity contribution in [1.82, 2.24) is 4.57 Å². The Balaban J connectivity index is 0.989. The van der Waals surface area contributed by atoms with E-state index in [2.05, 4.69) is 241 Å². The van der Waals surface area contributed by atoms with E-state index in [0.29, 0.717) is 0 Å². The molecule has 0 fully saturated rings. The second-order valence-corrected chi connectivity index (χ2v) is 20.3. The fourth-order valence-electron chi connectivity index (χ4n) is 11.5. The summed E-state index contributed by atoms with van der Waals surface area (Å²) in [5.74, 6) is 0. The average Bonchev–Trinajstić information content (AvgIpc) is 4.11. The number of aromatic nitrogens is 1. The molecule has 0 saturated carbocycles. The zero-order chi connectivity index (χ0) is 45.2. The van der Waals surface area contributed by atoms with Crippen LogP contribution in [0.25, 0.3) is 145 Å². The van der Waals surface area contributed by atoms with Crippen molar-refractivity contribution < 1.29 is 0 Å². The fourth-order valence-corrected chi connectivity index (χ4v) is 14.2. The minimum atomic E-state index is 1.15. The van der Waals surface area contributed by atoms with Crippen molar-refractivity contribution in [3.8, 4) is 50.2 Å². The van der Waals surface area contributed by atoms with Gasteiger partial charge in [-0.1, -0.05) is 212 Å². The molecule has 0 unspecified atom stereocenters. The summed E-state index contributed by atoms with van der Waals surface area (Å²) in [6.45, 7) is 0. The summed E-state index contributed by atoms with van der Waals surface area (Å²) in [6.07, 6.45) is 0. The van der Waals surface area contributed by atoms with Crippen LogP contribution in [0.5, 0.6) is 0 Å². The van der Waals surface area contributed by atoms with Crippen LogP contribution in [0.3, 0.4) is 0 Å². The number of hydrogen-bond acceptors (Lipinski definition) is 2. The molecule has 0 N–H and O–H groups in total. The summed E-state index contributed by atoms with van der Waals surface area (Å²) in [7, 11) is 0. The van der Waals surface area contributed by atoms with E-state index < -0.39 is 0 Å². The number of benzene rings is 12. The molecule has 12 aromatic carbocycles. The Hall–Kier alpha value is -8.34. The highest BCUT2D eigenvalue weighted by atomic mass is 32.1. The molecule has 0 aliphatic heterocycles. The van der Waals surface area contributed by atoms with Gasteiger partial charge in [0.15, 0.2) is 0 Å². The number of thiophene rings is 2. The predicted molar refractivity (Wildman–Crippen MR) is 301 cm³/mol. The summed E-state index contributed by atoms with van der Waals surface area (Å²) >= 11 is 3.83. The molecule has 320 valence electrons. The summed E-state index contributed by atoms with van der Waals surface area (Å²) < 4.78 is 7.83. The van der Waals surface area contributed by atoms with Crippen molar-refractivity contribution in [3.05, 3.63) is 237 Å². The van der Waals surface area contributed by atoms with Gasteiger partial charge in [-0.3, -0.25) is 0 Å². The van der Waals surface area contributed by atoms with E-state index in [1.807, 2.05) is 22.7 Å². The van der Waals surface area contributed by atoms with Crippen molar-refractivity contribution >= 4 is 117 Å². The first-order valence-electron chi connectivity index (χ1n) is 23.7. The quantitative estimate of drug-likeness (QED) is 0.152. The van der Waals surface area contributed by atoms with Crippen LogP contribution < -0.4 is 0 Å². The molecule has 15 rings (SSSR count). The van der Waals surface area contributed by atoms with Gasteiger partial charge in [0.1, 0.15) is 0 Å². The van der Waals surface area contributed by atoms with Gasteiger partial charge in [0, 0.05) is 56.8 Å². The maximum atomic E-state index is 2.54. The lowest BCUT2D eigenvalue weighted by molar-refractivity contribution is 1.19. The number of fused-ring (bicyclic) bond motifs is 15. The van der Waals surface area contributed by atoms with Crippen LogP contribution in [-0.2, 0) is 0 Å². The smallest absolute Gasteiger partial charge is 0.0547 e. The Morgan fingerprint density at radius 3 is 0.971 bits per heavy atom. The Kier molecular flexibility index (Phi) is 8.47. The van der Waals surface area contributed by atoms with Gasteiger partial charge in [-0.2, -0.15) is 0 Å². The lowest BCUT2D eigenvalue weighted by Crippen LogP contribution is -1.95. The molecule has 3 aromatic heterocycles. The molecule has 0 radical (unpaired) electrons. The molecule has 3 heterocycles. The SMILES string of the molecule is c1ccc(-c2cccc3c2sc2c(-c4ccc5c6ccc(-c7cccc8c7sc7c(-c9ccccc9)cccc78)cc6n(-c6ccc7c8ccccc8c8ccccc8c7c6)c5c4)cccc23)cc1. The van der Waals surface area contributed by atoms with E-state index in [1.165, 1.54) is 139 Å². The van der Waals surface area contributed by atoms with Gasteiger partial charge in [0.25, 0.3) is 0 Å². The fraction of sp³-hybridized carbons (Fsp3) is 0. The van der Waals surface area contributed by atoms with E-state index >= 15 is 0 Å². The molecule has 15 aromatic rings. The molecule has 0 bridgehead atoms. The third kappa shape index (κ3) is 5.82. The number of rotatable bonds is 5. The lowest BCUT2D eigenvalue weighted by atomic mass is 9.94. The molecule has 69 heavy (non-hydrogen) atoms. The maximum absolute atomic E-state index is 2.54. The molecule has 1 nitrogen and oxygen atoms in total. The minimum absolute atomic E-state index is 1.15. The molecule has 3 heteroatoms. The van der Waals surface area contributed by atoms with Crippen LogP contribution in [0, 0.1) is 0 Å². The first kappa shape index (κ1) is 38.7. The Labute approximate surface area is 406 Å². The van der Waals surface area contributed by atoms with Crippen LogP contribution in [0.4, 0.5) is 0 Å². The maximum Gasteiger partial charge on any atom is 0.0547 e. The van der Waals surface area contributed by atoms with Crippen molar-refractivity contribution in [2.45, 2.75) is 0 Å². The number of hydrogen-bond donors (Lipinski definition) is 0. The van der Waals surface area contributed by atoms with E-state index in [1.54, 1.807) is 0 Å².